The van der Waals surface area contributed by atoms with Gasteiger partial charge in [0.25, 0.3) is 0 Å². The van der Waals surface area contributed by atoms with E-state index in [2.05, 4.69) is 66.7 Å². The number of nitrogens with one attached hydrogen (secondary N) is 1. The Hall–Kier alpha value is -2.41. The van der Waals surface area contributed by atoms with E-state index in [4.69, 9.17) is 28.8 Å². The van der Waals surface area contributed by atoms with Gasteiger partial charge in [-0.1, -0.05) is 23.7 Å². The monoisotopic (exact) mass is 481 g/mol. The number of hydrogen-bond donors (Lipinski definition) is 1. The quantitative estimate of drug-likeness (QED) is 0.459. The Morgan fingerprint density at radius 3 is 2.55 bits per heavy atom. The summed E-state index contributed by atoms with van der Waals surface area (Å²) in [6, 6.07) is 14.2. The Kier molecular flexibility index (Phi) is 7.07. The van der Waals surface area contributed by atoms with Crippen LogP contribution in [0.1, 0.15) is 46.7 Å². The number of thiocarbonyl (C=S) groups is 1. The van der Waals surface area contributed by atoms with Gasteiger partial charge in [0.05, 0.1) is 17.8 Å². The summed E-state index contributed by atoms with van der Waals surface area (Å²) in [5.74, 6) is 0. The first kappa shape index (κ1) is 23.7. The molecule has 0 unspecified atom stereocenters. The molecule has 3 heterocycles. The fourth-order valence-corrected chi connectivity index (χ4v) is 5.48. The lowest BCUT2D eigenvalue weighted by atomic mass is 9.93. The number of benzene rings is 1. The maximum Gasteiger partial charge on any atom is 0.170 e. The summed E-state index contributed by atoms with van der Waals surface area (Å²) in [6.07, 6.45) is 2.89. The van der Waals surface area contributed by atoms with Gasteiger partial charge in [0.2, 0.25) is 0 Å². The average Bonchev–Trinajstić information content (AvgIpc) is 3.21. The Morgan fingerprint density at radius 1 is 1.09 bits per heavy atom. The lowest BCUT2D eigenvalue weighted by Crippen LogP contribution is -2.32. The zero-order valence-electron chi connectivity index (χ0n) is 20.0. The number of nitrogens with zero attached hydrogens (tertiary/aromatic N) is 4. The molecular formula is C26H32ClN5S. The van der Waals surface area contributed by atoms with Crippen molar-refractivity contribution in [3.8, 4) is 5.69 Å². The molecule has 0 radical (unpaired) electrons. The van der Waals surface area contributed by atoms with Crippen LogP contribution in [0.15, 0.2) is 48.7 Å². The SMILES string of the molecule is Cc1c([C@H]2[C@H](c3ccccn3)NC(=S)N2CCCN(C)C)c(C)n(-c2cccc(Cl)c2)c1C. The number of aromatic nitrogens is 2. The van der Waals surface area contributed by atoms with E-state index < -0.39 is 0 Å². The van der Waals surface area contributed by atoms with Crippen LogP contribution in [0.3, 0.4) is 0 Å². The molecule has 1 N–H and O–H groups in total. The fourth-order valence-electron chi connectivity index (χ4n) is 4.96. The second-order valence-corrected chi connectivity index (χ2v) is 9.82. The predicted molar refractivity (Wildman–Crippen MR) is 140 cm³/mol. The van der Waals surface area contributed by atoms with Crippen LogP contribution in [0.4, 0.5) is 0 Å². The molecule has 3 aromatic rings. The van der Waals surface area contributed by atoms with Gasteiger partial charge >= 0.3 is 0 Å². The maximum atomic E-state index is 6.34. The first-order valence-corrected chi connectivity index (χ1v) is 12.2. The first-order valence-electron chi connectivity index (χ1n) is 11.4. The highest BCUT2D eigenvalue weighted by atomic mass is 35.5. The highest BCUT2D eigenvalue weighted by Gasteiger charge is 2.42. The predicted octanol–water partition coefficient (Wildman–Crippen LogP) is 5.38. The standard InChI is InChI=1S/C26H32ClN5S/c1-17-18(2)32(21-11-8-10-20(27)16-21)19(3)23(17)25-24(22-12-6-7-13-28-22)29-26(33)31(25)15-9-14-30(4)5/h6-8,10-13,16,24-25H,9,14-15H2,1-5H3,(H,29,33)/t24-,25-/m0/s1. The average molecular weight is 482 g/mol. The molecule has 0 amide bonds. The third-order valence-corrected chi connectivity index (χ3v) is 7.16. The summed E-state index contributed by atoms with van der Waals surface area (Å²) in [5.41, 5.74) is 7.10. The molecule has 2 atom stereocenters. The fraction of sp³-hybridized carbons (Fsp3) is 0.385. The summed E-state index contributed by atoms with van der Waals surface area (Å²) in [4.78, 5) is 9.26. The molecule has 4 rings (SSSR count). The maximum absolute atomic E-state index is 6.34. The van der Waals surface area contributed by atoms with Crippen molar-refractivity contribution in [3.05, 3.63) is 81.9 Å². The minimum atomic E-state index is -0.00920. The molecule has 1 aliphatic rings. The topological polar surface area (TPSA) is 36.3 Å². The van der Waals surface area contributed by atoms with E-state index in [1.54, 1.807) is 0 Å². The molecule has 0 aliphatic carbocycles. The van der Waals surface area contributed by atoms with Crippen LogP contribution in [0.25, 0.3) is 5.69 Å². The minimum absolute atomic E-state index is 0.00920. The number of rotatable bonds is 7. The smallest absolute Gasteiger partial charge is 0.170 e. The molecule has 0 spiro atoms. The van der Waals surface area contributed by atoms with Crippen molar-refractivity contribution in [1.82, 2.24) is 24.7 Å². The molecule has 5 nitrogen and oxygen atoms in total. The van der Waals surface area contributed by atoms with Gasteiger partial charge in [-0.3, -0.25) is 4.98 Å². The van der Waals surface area contributed by atoms with E-state index in [-0.39, 0.29) is 12.1 Å². The summed E-state index contributed by atoms with van der Waals surface area (Å²) in [5, 5.41) is 5.12. The molecule has 2 aromatic heterocycles. The third kappa shape index (κ3) is 4.65. The summed E-state index contributed by atoms with van der Waals surface area (Å²) < 4.78 is 2.31. The van der Waals surface area contributed by atoms with Crippen LogP contribution in [0.5, 0.6) is 0 Å². The van der Waals surface area contributed by atoms with E-state index in [1.165, 1.54) is 22.5 Å². The van der Waals surface area contributed by atoms with E-state index >= 15 is 0 Å². The van der Waals surface area contributed by atoms with Gasteiger partial charge in [0.15, 0.2) is 5.11 Å². The van der Waals surface area contributed by atoms with Gasteiger partial charge in [-0.15, -0.1) is 0 Å². The largest absolute Gasteiger partial charge is 0.352 e. The molecule has 1 fully saturated rings. The minimum Gasteiger partial charge on any atom is -0.352 e. The van der Waals surface area contributed by atoms with Crippen LogP contribution in [-0.4, -0.2) is 51.6 Å². The van der Waals surface area contributed by atoms with Crippen LogP contribution < -0.4 is 5.32 Å². The van der Waals surface area contributed by atoms with Crippen molar-refractivity contribution in [3.63, 3.8) is 0 Å². The van der Waals surface area contributed by atoms with Crippen molar-refractivity contribution < 1.29 is 0 Å². The van der Waals surface area contributed by atoms with Crippen molar-refractivity contribution in [2.45, 2.75) is 39.3 Å². The molecule has 0 saturated carbocycles. The Labute approximate surface area is 207 Å². The molecule has 33 heavy (non-hydrogen) atoms. The van der Waals surface area contributed by atoms with E-state index in [0.29, 0.717) is 0 Å². The molecule has 1 aromatic carbocycles. The zero-order valence-corrected chi connectivity index (χ0v) is 21.5. The Balaban J connectivity index is 1.83. The number of halogens is 1. The number of hydrogen-bond acceptors (Lipinski definition) is 3. The zero-order chi connectivity index (χ0) is 23.7. The lowest BCUT2D eigenvalue weighted by Gasteiger charge is -2.29. The second-order valence-electron chi connectivity index (χ2n) is 9.00. The first-order chi connectivity index (χ1) is 15.8. The van der Waals surface area contributed by atoms with Crippen molar-refractivity contribution in [1.29, 1.82) is 0 Å². The molecule has 1 aliphatic heterocycles. The van der Waals surface area contributed by atoms with Crippen LogP contribution >= 0.6 is 23.8 Å². The summed E-state index contributed by atoms with van der Waals surface area (Å²) in [6.45, 7) is 8.50. The molecule has 1 saturated heterocycles. The second kappa shape index (κ2) is 9.84. The Morgan fingerprint density at radius 2 is 1.88 bits per heavy atom. The Bertz CT molecular complexity index is 1140. The van der Waals surface area contributed by atoms with Gasteiger partial charge in [0.1, 0.15) is 0 Å². The highest BCUT2D eigenvalue weighted by Crippen LogP contribution is 2.43. The molecular weight excluding hydrogens is 450 g/mol. The molecule has 7 heteroatoms. The highest BCUT2D eigenvalue weighted by molar-refractivity contribution is 7.80. The summed E-state index contributed by atoms with van der Waals surface area (Å²) in [7, 11) is 4.22. The van der Waals surface area contributed by atoms with Crippen LogP contribution in [0, 0.1) is 20.8 Å². The number of pyridine rings is 1. The molecule has 174 valence electrons. The lowest BCUT2D eigenvalue weighted by molar-refractivity contribution is 0.291. The van der Waals surface area contributed by atoms with E-state index in [0.717, 1.165) is 41.0 Å². The van der Waals surface area contributed by atoms with E-state index in [1.807, 2.05) is 36.5 Å². The molecule has 0 bridgehead atoms. The van der Waals surface area contributed by atoms with Crippen LogP contribution in [-0.2, 0) is 0 Å². The van der Waals surface area contributed by atoms with Gasteiger partial charge in [-0.05, 0) is 95.9 Å². The summed E-state index contributed by atoms with van der Waals surface area (Å²) >= 11 is 12.2. The van der Waals surface area contributed by atoms with Crippen molar-refractivity contribution >= 4 is 28.9 Å². The van der Waals surface area contributed by atoms with Gasteiger partial charge in [-0.2, -0.15) is 0 Å². The van der Waals surface area contributed by atoms with E-state index in [9.17, 15) is 0 Å². The van der Waals surface area contributed by atoms with Crippen molar-refractivity contribution in [2.75, 3.05) is 27.2 Å². The van der Waals surface area contributed by atoms with Gasteiger partial charge in [0, 0.05) is 40.4 Å². The van der Waals surface area contributed by atoms with Gasteiger partial charge < -0.3 is 19.7 Å². The third-order valence-electron chi connectivity index (χ3n) is 6.57. The van der Waals surface area contributed by atoms with Crippen LogP contribution in [0.2, 0.25) is 5.02 Å². The van der Waals surface area contributed by atoms with Gasteiger partial charge in [-0.25, -0.2) is 0 Å². The normalized spacial score (nSPS) is 18.3. The van der Waals surface area contributed by atoms with Crippen molar-refractivity contribution in [2.24, 2.45) is 0 Å².